The molecule has 3 heterocycles. The summed E-state index contributed by atoms with van der Waals surface area (Å²) in [7, 11) is 0. The first-order valence-electron chi connectivity index (χ1n) is 6.62. The molecule has 4 heteroatoms. The van der Waals surface area contributed by atoms with Crippen LogP contribution in [0.2, 0.25) is 0 Å². The molecule has 0 amide bonds. The lowest BCUT2D eigenvalue weighted by atomic mass is 9.97. The van der Waals surface area contributed by atoms with Crippen LogP contribution in [0.3, 0.4) is 0 Å². The number of imidazole rings is 1. The summed E-state index contributed by atoms with van der Waals surface area (Å²) in [5.41, 5.74) is 1.28. The first-order chi connectivity index (χ1) is 8.36. The van der Waals surface area contributed by atoms with Gasteiger partial charge in [0.1, 0.15) is 5.82 Å². The predicted molar refractivity (Wildman–Crippen MR) is 63.8 cm³/mol. The van der Waals surface area contributed by atoms with E-state index < -0.39 is 0 Å². The van der Waals surface area contributed by atoms with Crippen molar-refractivity contribution in [2.75, 3.05) is 13.2 Å². The van der Waals surface area contributed by atoms with E-state index in [9.17, 15) is 5.11 Å². The Morgan fingerprint density at radius 3 is 3.18 bits per heavy atom. The largest absolute Gasteiger partial charge is 0.396 e. The third-order valence-corrected chi connectivity index (χ3v) is 3.97. The molecule has 94 valence electrons. The molecule has 2 aliphatic heterocycles. The van der Waals surface area contributed by atoms with E-state index in [0.29, 0.717) is 18.6 Å². The number of ether oxygens (including phenoxy) is 1. The minimum Gasteiger partial charge on any atom is -0.396 e. The maximum atomic E-state index is 9.20. The molecular weight excluding hydrogens is 216 g/mol. The summed E-state index contributed by atoms with van der Waals surface area (Å²) < 4.78 is 7.99. The summed E-state index contributed by atoms with van der Waals surface area (Å²) in [6.45, 7) is 2.21. The monoisotopic (exact) mass is 236 g/mol. The lowest BCUT2D eigenvalue weighted by molar-refractivity contribution is 0.108. The average molecular weight is 236 g/mol. The van der Waals surface area contributed by atoms with Crippen LogP contribution in [0.5, 0.6) is 0 Å². The van der Waals surface area contributed by atoms with Crippen LogP contribution in [-0.2, 0) is 24.1 Å². The number of aromatic nitrogens is 2. The topological polar surface area (TPSA) is 47.3 Å². The molecule has 1 aromatic heterocycles. The fourth-order valence-electron chi connectivity index (χ4n) is 2.93. The molecule has 0 aromatic carbocycles. The van der Waals surface area contributed by atoms with Crippen molar-refractivity contribution in [2.45, 2.75) is 44.8 Å². The van der Waals surface area contributed by atoms with E-state index in [4.69, 9.17) is 4.74 Å². The lowest BCUT2D eigenvalue weighted by Gasteiger charge is -2.23. The summed E-state index contributed by atoms with van der Waals surface area (Å²) in [5, 5.41) is 9.20. The average Bonchev–Trinajstić information content (AvgIpc) is 2.99. The van der Waals surface area contributed by atoms with Crippen LogP contribution < -0.4 is 0 Å². The molecule has 2 aliphatic rings. The van der Waals surface area contributed by atoms with Gasteiger partial charge < -0.3 is 14.4 Å². The maximum absolute atomic E-state index is 9.20. The van der Waals surface area contributed by atoms with E-state index in [2.05, 4.69) is 9.55 Å². The summed E-state index contributed by atoms with van der Waals surface area (Å²) in [6.07, 6.45) is 7.69. The van der Waals surface area contributed by atoms with Crippen molar-refractivity contribution in [1.29, 1.82) is 0 Å². The van der Waals surface area contributed by atoms with Gasteiger partial charge in [0, 0.05) is 38.1 Å². The molecule has 0 saturated carbocycles. The smallest absolute Gasteiger partial charge is 0.111 e. The van der Waals surface area contributed by atoms with Gasteiger partial charge in [0.15, 0.2) is 0 Å². The Morgan fingerprint density at radius 2 is 2.41 bits per heavy atom. The number of rotatable bonds is 3. The molecule has 0 radical (unpaired) electrons. The minimum atomic E-state index is 0.298. The van der Waals surface area contributed by atoms with Crippen LogP contribution in [0.4, 0.5) is 0 Å². The van der Waals surface area contributed by atoms with E-state index in [1.807, 2.05) is 6.20 Å². The third-order valence-electron chi connectivity index (χ3n) is 3.97. The number of hydrogen-bond acceptors (Lipinski definition) is 3. The maximum Gasteiger partial charge on any atom is 0.111 e. The Balaban J connectivity index is 1.72. The molecular formula is C13H20N2O2. The number of aliphatic hydroxyl groups is 1. The Bertz CT molecular complexity index is 383. The van der Waals surface area contributed by atoms with Gasteiger partial charge in [0.05, 0.1) is 6.10 Å². The number of hydrogen-bond donors (Lipinski definition) is 1. The van der Waals surface area contributed by atoms with Crippen molar-refractivity contribution in [3.05, 3.63) is 17.7 Å². The van der Waals surface area contributed by atoms with Gasteiger partial charge in [-0.2, -0.15) is 0 Å². The first kappa shape index (κ1) is 11.2. The SMILES string of the molecule is OCC1CCn2c(cnc2CC2CCCO2)C1. The second kappa shape index (κ2) is 4.78. The summed E-state index contributed by atoms with van der Waals surface area (Å²) >= 11 is 0. The molecule has 0 bridgehead atoms. The molecule has 1 N–H and O–H groups in total. The molecule has 0 aliphatic carbocycles. The normalized spacial score (nSPS) is 28.3. The van der Waals surface area contributed by atoms with Crippen LogP contribution in [0, 0.1) is 5.92 Å². The minimum absolute atomic E-state index is 0.298. The molecule has 1 saturated heterocycles. The van der Waals surface area contributed by atoms with Crippen molar-refractivity contribution < 1.29 is 9.84 Å². The van der Waals surface area contributed by atoms with Crippen molar-refractivity contribution in [3.8, 4) is 0 Å². The second-order valence-electron chi connectivity index (χ2n) is 5.20. The highest BCUT2D eigenvalue weighted by molar-refractivity contribution is 5.10. The van der Waals surface area contributed by atoms with E-state index in [1.54, 1.807) is 0 Å². The molecule has 3 rings (SSSR count). The molecule has 4 nitrogen and oxygen atoms in total. The van der Waals surface area contributed by atoms with E-state index >= 15 is 0 Å². The molecule has 1 fully saturated rings. The van der Waals surface area contributed by atoms with Gasteiger partial charge in [-0.15, -0.1) is 0 Å². The van der Waals surface area contributed by atoms with Gasteiger partial charge in [0.2, 0.25) is 0 Å². The highest BCUT2D eigenvalue weighted by Crippen LogP contribution is 2.24. The first-order valence-corrected chi connectivity index (χ1v) is 6.62. The standard InChI is InChI=1S/C13H20N2O2/c16-9-10-3-4-15-11(6-10)8-14-13(15)7-12-2-1-5-17-12/h8,10,12,16H,1-7,9H2. The lowest BCUT2D eigenvalue weighted by Crippen LogP contribution is -2.24. The van der Waals surface area contributed by atoms with Gasteiger partial charge >= 0.3 is 0 Å². The Hall–Kier alpha value is -0.870. The van der Waals surface area contributed by atoms with E-state index in [0.717, 1.165) is 32.4 Å². The van der Waals surface area contributed by atoms with E-state index in [-0.39, 0.29) is 0 Å². The van der Waals surface area contributed by atoms with E-state index in [1.165, 1.54) is 24.4 Å². The zero-order chi connectivity index (χ0) is 11.7. The van der Waals surface area contributed by atoms with Crippen molar-refractivity contribution >= 4 is 0 Å². The summed E-state index contributed by atoms with van der Waals surface area (Å²) in [5.74, 6) is 1.60. The van der Waals surface area contributed by atoms with Gasteiger partial charge in [0.25, 0.3) is 0 Å². The Labute approximate surface area is 102 Å². The highest BCUT2D eigenvalue weighted by Gasteiger charge is 2.23. The fraction of sp³-hybridized carbons (Fsp3) is 0.769. The molecule has 1 aromatic rings. The molecule has 2 unspecified atom stereocenters. The molecule has 2 atom stereocenters. The fourth-order valence-corrected chi connectivity index (χ4v) is 2.93. The van der Waals surface area contributed by atoms with Crippen LogP contribution in [-0.4, -0.2) is 34.0 Å². The number of aliphatic hydroxyl groups excluding tert-OH is 1. The van der Waals surface area contributed by atoms with Gasteiger partial charge in [-0.25, -0.2) is 4.98 Å². The van der Waals surface area contributed by atoms with Crippen molar-refractivity contribution in [2.24, 2.45) is 5.92 Å². The highest BCUT2D eigenvalue weighted by atomic mass is 16.5. The van der Waals surface area contributed by atoms with Gasteiger partial charge in [-0.05, 0) is 31.6 Å². The Morgan fingerprint density at radius 1 is 1.47 bits per heavy atom. The molecule has 0 spiro atoms. The second-order valence-corrected chi connectivity index (χ2v) is 5.20. The zero-order valence-electron chi connectivity index (χ0n) is 10.1. The third kappa shape index (κ3) is 2.24. The number of nitrogens with zero attached hydrogens (tertiary/aromatic N) is 2. The van der Waals surface area contributed by atoms with Crippen LogP contribution in [0.15, 0.2) is 6.20 Å². The quantitative estimate of drug-likeness (QED) is 0.856. The zero-order valence-corrected chi connectivity index (χ0v) is 10.1. The van der Waals surface area contributed by atoms with Crippen LogP contribution in [0.1, 0.15) is 30.8 Å². The van der Waals surface area contributed by atoms with Gasteiger partial charge in [-0.3, -0.25) is 0 Å². The van der Waals surface area contributed by atoms with Crippen molar-refractivity contribution in [3.63, 3.8) is 0 Å². The summed E-state index contributed by atoms with van der Waals surface area (Å²) in [4.78, 5) is 4.53. The molecule has 17 heavy (non-hydrogen) atoms. The Kier molecular flexibility index (Phi) is 3.16. The van der Waals surface area contributed by atoms with Crippen LogP contribution in [0.25, 0.3) is 0 Å². The predicted octanol–water partition coefficient (Wildman–Crippen LogP) is 1.16. The number of fused-ring (bicyclic) bond motifs is 1. The van der Waals surface area contributed by atoms with Crippen molar-refractivity contribution in [1.82, 2.24) is 9.55 Å². The van der Waals surface area contributed by atoms with Gasteiger partial charge in [-0.1, -0.05) is 0 Å². The summed E-state index contributed by atoms with van der Waals surface area (Å²) in [6, 6.07) is 0. The van der Waals surface area contributed by atoms with Crippen LogP contribution >= 0.6 is 0 Å².